The quantitative estimate of drug-likeness (QED) is 0.582. The highest BCUT2D eigenvalue weighted by atomic mass is 35.5. The van der Waals surface area contributed by atoms with Gasteiger partial charge in [-0.15, -0.1) is 12.4 Å². The fraction of sp³-hybridized carbons (Fsp3) is 0.273. The number of hydrogen-bond donors (Lipinski definition) is 1. The fourth-order valence-electron chi connectivity index (χ4n) is 3.06. The van der Waals surface area contributed by atoms with Crippen LogP contribution in [0.3, 0.4) is 0 Å². The van der Waals surface area contributed by atoms with Gasteiger partial charge in [0.2, 0.25) is 5.78 Å². The number of methoxy groups -OCH3 is 2. The van der Waals surface area contributed by atoms with Crippen LogP contribution in [-0.2, 0) is 6.54 Å². The number of ketones is 1. The van der Waals surface area contributed by atoms with Crippen molar-refractivity contribution in [2.45, 2.75) is 26.5 Å². The molecule has 0 atom stereocenters. The molecule has 0 radical (unpaired) electrons. The molecule has 6 nitrogen and oxygen atoms in total. The van der Waals surface area contributed by atoms with Gasteiger partial charge in [0.25, 0.3) is 0 Å². The Hall–Kier alpha value is -2.83. The molecular weight excluding hydrogens is 392 g/mol. The molecule has 0 saturated carbocycles. The van der Waals surface area contributed by atoms with Crippen molar-refractivity contribution in [3.8, 4) is 17.2 Å². The molecule has 0 aliphatic carbocycles. The maximum Gasteiger partial charge on any atom is 0.211 e. The van der Waals surface area contributed by atoms with Gasteiger partial charge in [-0.05, 0) is 61.2 Å². The molecule has 3 rings (SSSR count). The van der Waals surface area contributed by atoms with E-state index in [1.807, 2.05) is 19.9 Å². The van der Waals surface area contributed by atoms with Gasteiger partial charge >= 0.3 is 0 Å². The number of carbonyl (C=O) groups excluding carboxylic acids is 1. The maximum absolute atomic E-state index is 13.1. The van der Waals surface area contributed by atoms with E-state index in [0.717, 1.165) is 10.9 Å². The summed E-state index contributed by atoms with van der Waals surface area (Å²) in [5.74, 6) is 1.64. The normalized spacial score (nSPS) is 10.6. The molecule has 7 heteroatoms. The van der Waals surface area contributed by atoms with Gasteiger partial charge in [0.15, 0.2) is 11.5 Å². The molecule has 0 amide bonds. The van der Waals surface area contributed by atoms with Gasteiger partial charge in [0, 0.05) is 23.7 Å². The second kappa shape index (κ2) is 9.58. The highest BCUT2D eigenvalue weighted by Crippen LogP contribution is 2.35. The molecule has 0 saturated heterocycles. The van der Waals surface area contributed by atoms with Crippen LogP contribution in [0.4, 0.5) is 0 Å². The Labute approximate surface area is 176 Å². The van der Waals surface area contributed by atoms with Gasteiger partial charge < -0.3 is 19.9 Å². The minimum absolute atomic E-state index is 0. The fourth-order valence-corrected chi connectivity index (χ4v) is 3.06. The monoisotopic (exact) mass is 416 g/mol. The van der Waals surface area contributed by atoms with Crippen molar-refractivity contribution >= 4 is 29.0 Å². The third kappa shape index (κ3) is 4.60. The van der Waals surface area contributed by atoms with E-state index in [-0.39, 0.29) is 24.3 Å². The van der Waals surface area contributed by atoms with Crippen LogP contribution in [0.25, 0.3) is 10.8 Å². The van der Waals surface area contributed by atoms with Crippen molar-refractivity contribution in [3.63, 3.8) is 0 Å². The zero-order valence-corrected chi connectivity index (χ0v) is 17.7. The van der Waals surface area contributed by atoms with Crippen molar-refractivity contribution in [2.75, 3.05) is 14.2 Å². The van der Waals surface area contributed by atoms with Crippen LogP contribution in [0.2, 0.25) is 0 Å². The van der Waals surface area contributed by atoms with Gasteiger partial charge in [0.05, 0.1) is 20.3 Å². The molecule has 0 unspecified atom stereocenters. The molecule has 0 aliphatic heterocycles. The van der Waals surface area contributed by atoms with Crippen LogP contribution in [0, 0.1) is 0 Å². The first-order valence-corrected chi connectivity index (χ1v) is 9.03. The molecule has 0 aliphatic rings. The van der Waals surface area contributed by atoms with Gasteiger partial charge in [-0.25, -0.2) is 0 Å². The summed E-state index contributed by atoms with van der Waals surface area (Å²) in [7, 11) is 3.12. The summed E-state index contributed by atoms with van der Waals surface area (Å²) in [6, 6.07) is 10.6. The number of fused-ring (bicyclic) bond motifs is 1. The van der Waals surface area contributed by atoms with E-state index in [4.69, 9.17) is 19.9 Å². The smallest absolute Gasteiger partial charge is 0.211 e. The number of aromatic nitrogens is 1. The second-order valence-corrected chi connectivity index (χ2v) is 6.61. The number of nitrogens with zero attached hydrogens (tertiary/aromatic N) is 1. The van der Waals surface area contributed by atoms with E-state index in [0.29, 0.717) is 40.4 Å². The minimum atomic E-state index is -0.183. The highest BCUT2D eigenvalue weighted by Gasteiger charge is 2.19. The summed E-state index contributed by atoms with van der Waals surface area (Å²) in [5.41, 5.74) is 7.55. The number of nitrogens with two attached hydrogens (primary N) is 1. The molecular formula is C22H25ClN2O4. The van der Waals surface area contributed by atoms with Gasteiger partial charge in [-0.3, -0.25) is 9.78 Å². The van der Waals surface area contributed by atoms with Crippen molar-refractivity contribution in [1.29, 1.82) is 0 Å². The number of rotatable bonds is 7. The lowest BCUT2D eigenvalue weighted by Gasteiger charge is -2.14. The van der Waals surface area contributed by atoms with Crippen LogP contribution in [0.5, 0.6) is 17.2 Å². The Morgan fingerprint density at radius 3 is 2.14 bits per heavy atom. The Balaban J connectivity index is 0.00000300. The number of carbonyl (C=O) groups is 1. The Bertz CT molecular complexity index is 1000. The maximum atomic E-state index is 13.1. The van der Waals surface area contributed by atoms with Crippen molar-refractivity contribution in [3.05, 3.63) is 59.4 Å². The summed E-state index contributed by atoms with van der Waals surface area (Å²) < 4.78 is 16.4. The Morgan fingerprint density at radius 1 is 1.03 bits per heavy atom. The summed E-state index contributed by atoms with van der Waals surface area (Å²) >= 11 is 0. The van der Waals surface area contributed by atoms with Crippen LogP contribution >= 0.6 is 12.4 Å². The van der Waals surface area contributed by atoms with Gasteiger partial charge in [-0.1, -0.05) is 0 Å². The molecule has 29 heavy (non-hydrogen) atoms. The Morgan fingerprint density at radius 2 is 1.62 bits per heavy atom. The van der Waals surface area contributed by atoms with Gasteiger partial charge in [0.1, 0.15) is 11.4 Å². The number of halogens is 1. The number of ether oxygens (including phenoxy) is 3. The van der Waals surface area contributed by atoms with Crippen molar-refractivity contribution in [2.24, 2.45) is 5.73 Å². The molecule has 0 fully saturated rings. The molecule has 1 aromatic heterocycles. The molecule has 0 bridgehead atoms. The lowest BCUT2D eigenvalue weighted by Crippen LogP contribution is -2.09. The molecule has 3 aromatic rings. The average molecular weight is 417 g/mol. The minimum Gasteiger partial charge on any atom is -0.493 e. The third-order valence-corrected chi connectivity index (χ3v) is 4.40. The van der Waals surface area contributed by atoms with E-state index >= 15 is 0 Å². The first-order valence-electron chi connectivity index (χ1n) is 9.03. The standard InChI is InChI=1S/C22H24N2O4.ClH/c1-13(2)28-16-7-5-14(6-8-16)22(25)21-18-10-20(27-4)19(26-3)9-17(18)15(11-23)12-24-21;/h5-10,12-13H,11,23H2,1-4H3;1H. The molecule has 154 valence electrons. The van der Waals surface area contributed by atoms with Crippen LogP contribution < -0.4 is 19.9 Å². The average Bonchev–Trinajstić information content (AvgIpc) is 2.71. The molecule has 2 aromatic carbocycles. The lowest BCUT2D eigenvalue weighted by atomic mass is 9.99. The van der Waals surface area contributed by atoms with E-state index in [1.54, 1.807) is 50.7 Å². The largest absolute Gasteiger partial charge is 0.493 e. The topological polar surface area (TPSA) is 83.7 Å². The second-order valence-electron chi connectivity index (χ2n) is 6.61. The van der Waals surface area contributed by atoms with E-state index in [2.05, 4.69) is 4.98 Å². The highest BCUT2D eigenvalue weighted by molar-refractivity contribution is 6.15. The molecule has 0 spiro atoms. The number of pyridine rings is 1. The summed E-state index contributed by atoms with van der Waals surface area (Å²) in [6.45, 7) is 4.21. The van der Waals surface area contributed by atoms with Crippen LogP contribution in [0.1, 0.15) is 35.5 Å². The number of hydrogen-bond acceptors (Lipinski definition) is 6. The molecule has 1 heterocycles. The first-order chi connectivity index (χ1) is 13.5. The third-order valence-electron chi connectivity index (χ3n) is 4.40. The molecule has 2 N–H and O–H groups in total. The predicted octanol–water partition coefficient (Wildman–Crippen LogP) is 4.15. The lowest BCUT2D eigenvalue weighted by molar-refractivity contribution is 0.103. The van der Waals surface area contributed by atoms with E-state index in [1.165, 1.54) is 0 Å². The van der Waals surface area contributed by atoms with E-state index < -0.39 is 0 Å². The number of benzene rings is 2. The first kappa shape index (κ1) is 22.5. The van der Waals surface area contributed by atoms with Gasteiger partial charge in [-0.2, -0.15) is 0 Å². The summed E-state index contributed by atoms with van der Waals surface area (Å²) in [4.78, 5) is 17.5. The van der Waals surface area contributed by atoms with E-state index in [9.17, 15) is 4.79 Å². The SMILES string of the molecule is COc1cc2c(CN)cnc(C(=O)c3ccc(OC(C)C)cc3)c2cc1OC.Cl. The summed E-state index contributed by atoms with van der Waals surface area (Å²) in [5, 5.41) is 1.49. The van der Waals surface area contributed by atoms with Crippen LogP contribution in [-0.4, -0.2) is 31.1 Å². The summed E-state index contributed by atoms with van der Waals surface area (Å²) in [6.07, 6.45) is 1.70. The Kier molecular flexibility index (Phi) is 7.42. The zero-order valence-electron chi connectivity index (χ0n) is 16.9. The van der Waals surface area contributed by atoms with Crippen molar-refractivity contribution in [1.82, 2.24) is 4.98 Å². The van der Waals surface area contributed by atoms with Crippen molar-refractivity contribution < 1.29 is 19.0 Å². The zero-order chi connectivity index (χ0) is 20.3. The van der Waals surface area contributed by atoms with Crippen LogP contribution in [0.15, 0.2) is 42.6 Å². The predicted molar refractivity (Wildman–Crippen MR) is 116 cm³/mol.